The van der Waals surface area contributed by atoms with Gasteiger partial charge in [-0.05, 0) is 37.6 Å². The first-order chi connectivity index (χ1) is 11.6. The van der Waals surface area contributed by atoms with Crippen molar-refractivity contribution in [1.82, 2.24) is 4.90 Å². The molecule has 1 aliphatic heterocycles. The van der Waals surface area contributed by atoms with Crippen molar-refractivity contribution in [3.63, 3.8) is 0 Å². The molecule has 1 unspecified atom stereocenters. The highest BCUT2D eigenvalue weighted by Gasteiger charge is 2.22. The summed E-state index contributed by atoms with van der Waals surface area (Å²) in [7, 11) is 1.72. The van der Waals surface area contributed by atoms with Gasteiger partial charge in [0.05, 0.1) is 18.9 Å². The van der Waals surface area contributed by atoms with E-state index in [-0.39, 0.29) is 0 Å². The van der Waals surface area contributed by atoms with E-state index in [1.54, 1.807) is 18.4 Å². The Morgan fingerprint density at radius 2 is 1.88 bits per heavy atom. The number of benzene rings is 1. The number of rotatable bonds is 5. The molecule has 1 saturated heterocycles. The molecule has 0 spiro atoms. The number of aliphatic hydroxyl groups is 1. The van der Waals surface area contributed by atoms with E-state index < -0.39 is 6.10 Å². The molecule has 0 saturated carbocycles. The van der Waals surface area contributed by atoms with Gasteiger partial charge in [-0.1, -0.05) is 12.1 Å². The summed E-state index contributed by atoms with van der Waals surface area (Å²) in [5, 5.41) is 10.6. The maximum absolute atomic E-state index is 10.6. The second kappa shape index (κ2) is 7.55. The van der Waals surface area contributed by atoms with E-state index in [9.17, 15) is 5.11 Å². The Balaban J connectivity index is 1.58. The number of hydrogen-bond donors (Lipinski definition) is 1. The van der Waals surface area contributed by atoms with Gasteiger partial charge in [0.2, 0.25) is 0 Å². The van der Waals surface area contributed by atoms with Crippen LogP contribution < -0.4 is 9.64 Å². The van der Waals surface area contributed by atoms with Crippen LogP contribution in [0.5, 0.6) is 5.75 Å². The predicted octanol–water partition coefficient (Wildman–Crippen LogP) is 3.23. The molecular weight excluding hydrogens is 320 g/mol. The SMILES string of the molecule is COc1ccccc1N1CCN(CC(O)c2cc(C)sc2C)CC1. The summed E-state index contributed by atoms with van der Waals surface area (Å²) in [6.07, 6.45) is -0.396. The maximum Gasteiger partial charge on any atom is 0.142 e. The lowest BCUT2D eigenvalue weighted by molar-refractivity contribution is 0.109. The highest BCUT2D eigenvalue weighted by atomic mass is 32.1. The summed E-state index contributed by atoms with van der Waals surface area (Å²) in [6.45, 7) is 8.71. The van der Waals surface area contributed by atoms with Gasteiger partial charge in [-0.2, -0.15) is 0 Å². The third-order valence-corrected chi connectivity index (χ3v) is 5.65. The quantitative estimate of drug-likeness (QED) is 0.902. The Morgan fingerprint density at radius 1 is 1.17 bits per heavy atom. The number of thiophene rings is 1. The Morgan fingerprint density at radius 3 is 2.50 bits per heavy atom. The smallest absolute Gasteiger partial charge is 0.142 e. The summed E-state index contributed by atoms with van der Waals surface area (Å²) < 4.78 is 5.47. The van der Waals surface area contributed by atoms with Gasteiger partial charge in [0.1, 0.15) is 5.75 Å². The number of β-amino-alcohol motifs (C(OH)–C–C–N with tert-alkyl or cyclic N) is 1. The normalized spacial score (nSPS) is 17.1. The molecule has 1 aromatic carbocycles. The maximum atomic E-state index is 10.6. The summed E-state index contributed by atoms with van der Waals surface area (Å²) in [6, 6.07) is 10.3. The van der Waals surface area contributed by atoms with Crippen LogP contribution in [-0.2, 0) is 0 Å². The first-order valence-electron chi connectivity index (χ1n) is 8.44. The van der Waals surface area contributed by atoms with Gasteiger partial charge in [0.15, 0.2) is 0 Å². The average molecular weight is 346 g/mol. The number of piperazine rings is 1. The molecule has 0 radical (unpaired) electrons. The molecular formula is C19H26N2O2S. The Bertz CT molecular complexity index is 678. The zero-order valence-electron chi connectivity index (χ0n) is 14.7. The van der Waals surface area contributed by atoms with Crippen LogP contribution >= 0.6 is 11.3 Å². The van der Waals surface area contributed by atoms with Crippen molar-refractivity contribution >= 4 is 17.0 Å². The molecule has 1 N–H and O–H groups in total. The lowest BCUT2D eigenvalue weighted by atomic mass is 10.1. The van der Waals surface area contributed by atoms with Crippen molar-refractivity contribution < 1.29 is 9.84 Å². The fraction of sp³-hybridized carbons (Fsp3) is 0.474. The largest absolute Gasteiger partial charge is 0.495 e. The molecule has 0 aliphatic carbocycles. The van der Waals surface area contributed by atoms with Crippen LogP contribution in [0.4, 0.5) is 5.69 Å². The van der Waals surface area contributed by atoms with E-state index in [0.29, 0.717) is 6.54 Å². The molecule has 3 rings (SSSR count). The second-order valence-electron chi connectivity index (χ2n) is 6.34. The van der Waals surface area contributed by atoms with E-state index in [0.717, 1.165) is 43.2 Å². The first kappa shape index (κ1) is 17.3. The first-order valence-corrected chi connectivity index (χ1v) is 9.25. The number of anilines is 1. The molecule has 130 valence electrons. The molecule has 24 heavy (non-hydrogen) atoms. The molecule has 2 heterocycles. The topological polar surface area (TPSA) is 35.9 Å². The zero-order chi connectivity index (χ0) is 17.1. The number of aliphatic hydroxyl groups excluding tert-OH is 1. The van der Waals surface area contributed by atoms with Crippen molar-refractivity contribution in [2.75, 3.05) is 44.7 Å². The lowest BCUT2D eigenvalue weighted by Crippen LogP contribution is -2.47. The van der Waals surface area contributed by atoms with Crippen LogP contribution in [0.25, 0.3) is 0 Å². The molecule has 1 aromatic heterocycles. The van der Waals surface area contributed by atoms with Gasteiger partial charge in [0.25, 0.3) is 0 Å². The Hall–Kier alpha value is -1.56. The fourth-order valence-electron chi connectivity index (χ4n) is 3.39. The fourth-order valence-corrected chi connectivity index (χ4v) is 4.37. The third kappa shape index (κ3) is 3.74. The van der Waals surface area contributed by atoms with Crippen LogP contribution in [0.15, 0.2) is 30.3 Å². The third-order valence-electron chi connectivity index (χ3n) is 4.67. The minimum atomic E-state index is -0.396. The summed E-state index contributed by atoms with van der Waals surface area (Å²) in [5.74, 6) is 0.926. The van der Waals surface area contributed by atoms with Gasteiger partial charge >= 0.3 is 0 Å². The van der Waals surface area contributed by atoms with E-state index >= 15 is 0 Å². The summed E-state index contributed by atoms with van der Waals surface area (Å²) >= 11 is 1.76. The van der Waals surface area contributed by atoms with Crippen LogP contribution in [0, 0.1) is 13.8 Å². The van der Waals surface area contributed by atoms with Crippen LogP contribution in [0.3, 0.4) is 0 Å². The number of aryl methyl sites for hydroxylation is 2. The van der Waals surface area contributed by atoms with Gasteiger partial charge < -0.3 is 14.7 Å². The lowest BCUT2D eigenvalue weighted by Gasteiger charge is -2.37. The molecule has 0 bridgehead atoms. The van der Waals surface area contributed by atoms with Crippen molar-refractivity contribution in [2.24, 2.45) is 0 Å². The second-order valence-corrected chi connectivity index (χ2v) is 7.80. The highest BCUT2D eigenvalue weighted by Crippen LogP contribution is 2.30. The zero-order valence-corrected chi connectivity index (χ0v) is 15.5. The average Bonchev–Trinajstić information content (AvgIpc) is 2.94. The number of ether oxygens (including phenoxy) is 1. The van der Waals surface area contributed by atoms with Crippen molar-refractivity contribution in [3.05, 3.63) is 45.6 Å². The molecule has 1 atom stereocenters. The van der Waals surface area contributed by atoms with Gasteiger partial charge in [-0.25, -0.2) is 0 Å². The van der Waals surface area contributed by atoms with Crippen molar-refractivity contribution in [3.8, 4) is 5.75 Å². The van der Waals surface area contributed by atoms with E-state index in [1.165, 1.54) is 9.75 Å². The number of hydrogen-bond acceptors (Lipinski definition) is 5. The predicted molar refractivity (Wildman–Crippen MR) is 100 cm³/mol. The van der Waals surface area contributed by atoms with Crippen LogP contribution in [0.2, 0.25) is 0 Å². The van der Waals surface area contributed by atoms with Crippen molar-refractivity contribution in [1.29, 1.82) is 0 Å². The number of nitrogens with zero attached hydrogens (tertiary/aromatic N) is 2. The highest BCUT2D eigenvalue weighted by molar-refractivity contribution is 7.12. The molecule has 0 amide bonds. The number of methoxy groups -OCH3 is 1. The minimum Gasteiger partial charge on any atom is -0.495 e. The Labute approximate surface area is 148 Å². The van der Waals surface area contributed by atoms with E-state index in [4.69, 9.17) is 4.74 Å². The Kier molecular flexibility index (Phi) is 5.43. The molecule has 5 heteroatoms. The van der Waals surface area contributed by atoms with Crippen LogP contribution in [0.1, 0.15) is 21.4 Å². The van der Waals surface area contributed by atoms with Crippen molar-refractivity contribution in [2.45, 2.75) is 20.0 Å². The number of para-hydroxylation sites is 2. The minimum absolute atomic E-state index is 0.396. The molecule has 2 aromatic rings. The van der Waals surface area contributed by atoms with Crippen LogP contribution in [-0.4, -0.2) is 49.8 Å². The summed E-state index contributed by atoms with van der Waals surface area (Å²) in [5.41, 5.74) is 2.24. The standard InChI is InChI=1S/C19H26N2O2S/c1-14-12-16(15(2)24-14)18(22)13-20-8-10-21(11-9-20)17-6-4-5-7-19(17)23-3/h4-7,12,18,22H,8-11,13H2,1-3H3. The molecule has 4 nitrogen and oxygen atoms in total. The molecule has 1 fully saturated rings. The van der Waals surface area contributed by atoms with Gasteiger partial charge in [0, 0.05) is 42.5 Å². The van der Waals surface area contributed by atoms with E-state index in [2.05, 4.69) is 41.8 Å². The summed E-state index contributed by atoms with van der Waals surface area (Å²) in [4.78, 5) is 7.21. The molecule has 1 aliphatic rings. The van der Waals surface area contributed by atoms with E-state index in [1.807, 2.05) is 12.1 Å². The van der Waals surface area contributed by atoms with Gasteiger partial charge in [-0.15, -0.1) is 11.3 Å². The van der Waals surface area contributed by atoms with Gasteiger partial charge in [-0.3, -0.25) is 4.90 Å². The monoisotopic (exact) mass is 346 g/mol.